The number of anilines is 1. The lowest BCUT2D eigenvalue weighted by Gasteiger charge is -2.09. The number of nitrogens with one attached hydrogen (secondary N) is 2. The minimum absolute atomic E-state index is 0.324. The Morgan fingerprint density at radius 2 is 2.07 bits per heavy atom. The van der Waals surface area contributed by atoms with Crippen LogP contribution in [0.25, 0.3) is 16.8 Å². The zero-order valence-electron chi connectivity index (χ0n) is 15.0. The smallest absolute Gasteiger partial charge is 0.336 e. The van der Waals surface area contributed by atoms with Gasteiger partial charge >= 0.3 is 11.7 Å². The van der Waals surface area contributed by atoms with Gasteiger partial charge in [-0.3, -0.25) is 0 Å². The fourth-order valence-electron chi connectivity index (χ4n) is 2.86. The molecule has 4 aromatic rings. The predicted octanol–water partition coefficient (Wildman–Crippen LogP) is 3.00. The summed E-state index contributed by atoms with van der Waals surface area (Å²) < 4.78 is 6.85. The number of carbonyl (C=O) groups excluding carboxylic acids is 1. The number of fused-ring (bicyclic) bond motifs is 1. The van der Waals surface area contributed by atoms with Crippen LogP contribution >= 0.6 is 0 Å². The standard InChI is InChI=1S/C20H17N5O3/c1-13-9-19(26)28-17-11-15(3-4-16(13)17)24-20(27)22-12-14-5-7-21-18(10-14)25-8-2-6-23-25/h2-11H,12H2,1H3,(H2,22,24,27). The summed E-state index contributed by atoms with van der Waals surface area (Å²) in [6, 6.07) is 11.8. The van der Waals surface area contributed by atoms with E-state index in [1.165, 1.54) is 6.07 Å². The van der Waals surface area contributed by atoms with E-state index < -0.39 is 5.63 Å². The van der Waals surface area contributed by atoms with Gasteiger partial charge in [0.15, 0.2) is 5.82 Å². The van der Waals surface area contributed by atoms with Gasteiger partial charge in [0.1, 0.15) is 5.58 Å². The van der Waals surface area contributed by atoms with Crippen LogP contribution in [0, 0.1) is 6.92 Å². The molecule has 0 fully saturated rings. The predicted molar refractivity (Wildman–Crippen MR) is 104 cm³/mol. The fourth-order valence-corrected chi connectivity index (χ4v) is 2.86. The molecular formula is C20H17N5O3. The molecule has 3 aromatic heterocycles. The van der Waals surface area contributed by atoms with Crippen molar-refractivity contribution < 1.29 is 9.21 Å². The molecule has 0 unspecified atom stereocenters. The van der Waals surface area contributed by atoms with E-state index in [-0.39, 0.29) is 6.03 Å². The number of carbonyl (C=O) groups is 1. The highest BCUT2D eigenvalue weighted by Gasteiger charge is 2.07. The Labute approximate surface area is 159 Å². The fraction of sp³-hybridized carbons (Fsp3) is 0.100. The Hall–Kier alpha value is -3.94. The van der Waals surface area contributed by atoms with Gasteiger partial charge < -0.3 is 15.1 Å². The van der Waals surface area contributed by atoms with E-state index in [2.05, 4.69) is 20.7 Å². The molecule has 0 bridgehead atoms. The van der Waals surface area contributed by atoms with Gasteiger partial charge in [-0.05, 0) is 48.4 Å². The van der Waals surface area contributed by atoms with E-state index in [9.17, 15) is 9.59 Å². The van der Waals surface area contributed by atoms with Gasteiger partial charge in [0.2, 0.25) is 0 Å². The highest BCUT2D eigenvalue weighted by atomic mass is 16.4. The molecule has 0 aliphatic carbocycles. The first-order chi connectivity index (χ1) is 13.6. The van der Waals surface area contributed by atoms with Gasteiger partial charge in [-0.25, -0.2) is 19.3 Å². The van der Waals surface area contributed by atoms with Crippen LogP contribution < -0.4 is 16.3 Å². The van der Waals surface area contributed by atoms with E-state index in [1.54, 1.807) is 35.4 Å². The van der Waals surface area contributed by atoms with Crippen molar-refractivity contribution in [2.24, 2.45) is 0 Å². The maximum absolute atomic E-state index is 12.2. The summed E-state index contributed by atoms with van der Waals surface area (Å²) >= 11 is 0. The molecule has 140 valence electrons. The average molecular weight is 375 g/mol. The van der Waals surface area contributed by atoms with Crippen molar-refractivity contribution in [3.05, 3.63) is 82.6 Å². The highest BCUT2D eigenvalue weighted by molar-refractivity contribution is 5.92. The summed E-state index contributed by atoms with van der Waals surface area (Å²) in [6.45, 7) is 2.16. The lowest BCUT2D eigenvalue weighted by Crippen LogP contribution is -2.28. The summed E-state index contributed by atoms with van der Waals surface area (Å²) in [4.78, 5) is 28.0. The third kappa shape index (κ3) is 3.75. The number of rotatable bonds is 4. The summed E-state index contributed by atoms with van der Waals surface area (Å²) in [7, 11) is 0. The van der Waals surface area contributed by atoms with Crippen LogP contribution in [0.5, 0.6) is 0 Å². The monoisotopic (exact) mass is 375 g/mol. The van der Waals surface area contributed by atoms with Crippen molar-refractivity contribution in [3.8, 4) is 5.82 Å². The van der Waals surface area contributed by atoms with Gasteiger partial charge in [-0.15, -0.1) is 0 Å². The van der Waals surface area contributed by atoms with E-state index in [0.717, 1.165) is 16.5 Å². The van der Waals surface area contributed by atoms with Gasteiger partial charge in [0.05, 0.1) is 0 Å². The molecule has 1 aromatic carbocycles. The largest absolute Gasteiger partial charge is 0.423 e. The molecule has 8 heteroatoms. The maximum Gasteiger partial charge on any atom is 0.336 e. The van der Waals surface area contributed by atoms with Crippen molar-refractivity contribution in [3.63, 3.8) is 0 Å². The molecule has 8 nitrogen and oxygen atoms in total. The van der Waals surface area contributed by atoms with Crippen LogP contribution in [0.4, 0.5) is 10.5 Å². The number of pyridine rings is 1. The van der Waals surface area contributed by atoms with Gasteiger partial charge in [0, 0.05) is 48.3 Å². The van der Waals surface area contributed by atoms with E-state index in [1.807, 2.05) is 31.2 Å². The van der Waals surface area contributed by atoms with Gasteiger partial charge in [-0.1, -0.05) is 0 Å². The molecule has 0 atom stereocenters. The molecular weight excluding hydrogens is 358 g/mol. The molecule has 3 heterocycles. The van der Waals surface area contributed by atoms with Crippen molar-refractivity contribution in [2.45, 2.75) is 13.5 Å². The molecule has 0 radical (unpaired) electrons. The molecule has 0 aliphatic heterocycles. The Morgan fingerprint density at radius 3 is 2.89 bits per heavy atom. The number of hydrogen-bond acceptors (Lipinski definition) is 5. The SMILES string of the molecule is Cc1cc(=O)oc2cc(NC(=O)NCc3ccnc(-n4cccn4)c3)ccc12. The number of benzene rings is 1. The molecule has 2 amide bonds. The summed E-state index contributed by atoms with van der Waals surface area (Å²) in [5, 5.41) is 10.5. The number of nitrogens with zero attached hydrogens (tertiary/aromatic N) is 3. The second kappa shape index (κ2) is 7.36. The molecule has 28 heavy (non-hydrogen) atoms. The molecule has 0 saturated carbocycles. The first-order valence-electron chi connectivity index (χ1n) is 8.63. The first kappa shape index (κ1) is 17.5. The minimum Gasteiger partial charge on any atom is -0.423 e. The third-order valence-corrected chi connectivity index (χ3v) is 4.21. The number of aryl methyl sites for hydroxylation is 1. The quantitative estimate of drug-likeness (QED) is 0.534. The normalized spacial score (nSPS) is 10.8. The minimum atomic E-state index is -0.419. The average Bonchev–Trinajstić information content (AvgIpc) is 3.21. The lowest BCUT2D eigenvalue weighted by atomic mass is 10.1. The van der Waals surface area contributed by atoms with Crippen LogP contribution in [0.15, 0.2) is 70.3 Å². The number of hydrogen-bond donors (Lipinski definition) is 2. The first-order valence-corrected chi connectivity index (χ1v) is 8.63. The molecule has 0 aliphatic rings. The van der Waals surface area contributed by atoms with Gasteiger partial charge in [-0.2, -0.15) is 5.10 Å². The summed E-state index contributed by atoms with van der Waals surface area (Å²) in [5.41, 5.74) is 2.26. The second-order valence-electron chi connectivity index (χ2n) is 6.24. The number of urea groups is 1. The van der Waals surface area contributed by atoms with E-state index in [0.29, 0.717) is 23.6 Å². The van der Waals surface area contributed by atoms with E-state index in [4.69, 9.17) is 4.42 Å². The lowest BCUT2D eigenvalue weighted by molar-refractivity contribution is 0.251. The van der Waals surface area contributed by atoms with Crippen molar-refractivity contribution in [1.82, 2.24) is 20.1 Å². The molecule has 4 rings (SSSR count). The van der Waals surface area contributed by atoms with Crippen LogP contribution in [-0.2, 0) is 6.54 Å². The topological polar surface area (TPSA) is 102 Å². The Bertz CT molecular complexity index is 1200. The second-order valence-corrected chi connectivity index (χ2v) is 6.24. The van der Waals surface area contributed by atoms with Crippen LogP contribution in [0.3, 0.4) is 0 Å². The van der Waals surface area contributed by atoms with Crippen molar-refractivity contribution >= 4 is 22.7 Å². The number of amides is 2. The zero-order chi connectivity index (χ0) is 19.5. The zero-order valence-corrected chi connectivity index (χ0v) is 15.0. The Morgan fingerprint density at radius 1 is 1.18 bits per heavy atom. The van der Waals surface area contributed by atoms with Crippen molar-refractivity contribution in [2.75, 3.05) is 5.32 Å². The van der Waals surface area contributed by atoms with Crippen LogP contribution in [-0.4, -0.2) is 20.8 Å². The highest BCUT2D eigenvalue weighted by Crippen LogP contribution is 2.20. The van der Waals surface area contributed by atoms with Crippen LogP contribution in [0.1, 0.15) is 11.1 Å². The summed E-state index contributed by atoms with van der Waals surface area (Å²) in [5.74, 6) is 0.671. The third-order valence-electron chi connectivity index (χ3n) is 4.21. The summed E-state index contributed by atoms with van der Waals surface area (Å²) in [6.07, 6.45) is 5.14. The molecule has 0 spiro atoms. The maximum atomic E-state index is 12.2. The molecule has 0 saturated heterocycles. The molecule has 2 N–H and O–H groups in total. The number of aromatic nitrogens is 3. The Balaban J connectivity index is 1.43. The Kier molecular flexibility index (Phi) is 4.59. The van der Waals surface area contributed by atoms with Gasteiger partial charge in [0.25, 0.3) is 0 Å². The van der Waals surface area contributed by atoms with E-state index >= 15 is 0 Å². The van der Waals surface area contributed by atoms with Crippen LogP contribution in [0.2, 0.25) is 0 Å². The van der Waals surface area contributed by atoms with Crippen molar-refractivity contribution in [1.29, 1.82) is 0 Å².